The molecule has 136 valence electrons. The minimum Gasteiger partial charge on any atom is -0.479 e. The van der Waals surface area contributed by atoms with Gasteiger partial charge in [0.05, 0.1) is 5.69 Å². The smallest absolute Gasteiger partial charge is 0.268 e. The molecular weight excluding hydrogens is 330 g/mol. The first-order valence-electron chi connectivity index (χ1n) is 8.59. The molecule has 1 heterocycles. The predicted molar refractivity (Wildman–Crippen MR) is 101 cm³/mol. The van der Waals surface area contributed by atoms with Gasteiger partial charge in [0.2, 0.25) is 5.91 Å². The van der Waals surface area contributed by atoms with Crippen molar-refractivity contribution in [3.05, 3.63) is 53.6 Å². The molecule has 6 heteroatoms. The summed E-state index contributed by atoms with van der Waals surface area (Å²) < 4.78 is 5.66. The number of hydrogen-bond donors (Lipinski definition) is 2. The SMILES string of the molecule is Cc1cccc(NC(=O)CN2C(=O)C(C)Oc3ccc(C(C)N)cc32)c1. The van der Waals surface area contributed by atoms with E-state index in [0.29, 0.717) is 17.1 Å². The number of nitrogens with one attached hydrogen (secondary N) is 1. The van der Waals surface area contributed by atoms with Gasteiger partial charge in [-0.3, -0.25) is 14.5 Å². The van der Waals surface area contributed by atoms with Gasteiger partial charge in [-0.1, -0.05) is 18.2 Å². The molecule has 2 unspecified atom stereocenters. The van der Waals surface area contributed by atoms with E-state index in [-0.39, 0.29) is 24.4 Å². The molecule has 1 aliphatic rings. The maximum atomic E-state index is 12.6. The third kappa shape index (κ3) is 3.70. The topological polar surface area (TPSA) is 84.7 Å². The lowest BCUT2D eigenvalue weighted by Gasteiger charge is -2.33. The zero-order valence-corrected chi connectivity index (χ0v) is 15.2. The van der Waals surface area contributed by atoms with Crippen molar-refractivity contribution in [2.45, 2.75) is 32.9 Å². The van der Waals surface area contributed by atoms with Crippen molar-refractivity contribution in [2.75, 3.05) is 16.8 Å². The molecule has 2 amide bonds. The van der Waals surface area contributed by atoms with Crippen molar-refractivity contribution in [3.8, 4) is 5.75 Å². The van der Waals surface area contributed by atoms with Crippen molar-refractivity contribution in [2.24, 2.45) is 5.73 Å². The highest BCUT2D eigenvalue weighted by Crippen LogP contribution is 2.35. The second kappa shape index (κ2) is 7.17. The van der Waals surface area contributed by atoms with Crippen LogP contribution in [0.5, 0.6) is 5.75 Å². The van der Waals surface area contributed by atoms with Crippen molar-refractivity contribution in [3.63, 3.8) is 0 Å². The molecule has 0 radical (unpaired) electrons. The molecule has 6 nitrogen and oxygen atoms in total. The number of hydrogen-bond acceptors (Lipinski definition) is 4. The van der Waals surface area contributed by atoms with Crippen molar-refractivity contribution < 1.29 is 14.3 Å². The Bertz CT molecular complexity index is 848. The van der Waals surface area contributed by atoms with E-state index in [2.05, 4.69) is 5.32 Å². The van der Waals surface area contributed by atoms with Gasteiger partial charge in [0, 0.05) is 11.7 Å². The van der Waals surface area contributed by atoms with Gasteiger partial charge in [0.25, 0.3) is 5.91 Å². The lowest BCUT2D eigenvalue weighted by atomic mass is 10.1. The Kier molecular flexibility index (Phi) is 4.95. The fourth-order valence-electron chi connectivity index (χ4n) is 2.94. The summed E-state index contributed by atoms with van der Waals surface area (Å²) in [6, 6.07) is 12.8. The normalized spacial score (nSPS) is 17.3. The van der Waals surface area contributed by atoms with E-state index in [1.807, 2.05) is 50.2 Å². The van der Waals surface area contributed by atoms with Gasteiger partial charge in [-0.25, -0.2) is 0 Å². The minimum atomic E-state index is -0.643. The highest BCUT2D eigenvalue weighted by atomic mass is 16.5. The number of nitrogens with two attached hydrogens (primary N) is 1. The first-order valence-corrected chi connectivity index (χ1v) is 8.59. The summed E-state index contributed by atoms with van der Waals surface area (Å²) >= 11 is 0. The van der Waals surface area contributed by atoms with Crippen molar-refractivity contribution in [1.29, 1.82) is 0 Å². The quantitative estimate of drug-likeness (QED) is 0.885. The van der Waals surface area contributed by atoms with Gasteiger partial charge >= 0.3 is 0 Å². The van der Waals surface area contributed by atoms with Crippen molar-refractivity contribution >= 4 is 23.2 Å². The first-order chi connectivity index (χ1) is 12.3. The van der Waals surface area contributed by atoms with Crippen LogP contribution in [0.15, 0.2) is 42.5 Å². The fourth-order valence-corrected chi connectivity index (χ4v) is 2.94. The molecule has 0 saturated heterocycles. The monoisotopic (exact) mass is 353 g/mol. The molecule has 3 rings (SSSR count). The van der Waals surface area contributed by atoms with Crippen LogP contribution in [0, 0.1) is 6.92 Å². The largest absolute Gasteiger partial charge is 0.479 e. The average molecular weight is 353 g/mol. The predicted octanol–water partition coefficient (Wildman–Crippen LogP) is 2.77. The van der Waals surface area contributed by atoms with Gasteiger partial charge in [-0.05, 0) is 56.2 Å². The number of benzene rings is 2. The molecule has 0 saturated carbocycles. The van der Waals surface area contributed by atoms with Gasteiger partial charge in [-0.2, -0.15) is 0 Å². The number of fused-ring (bicyclic) bond motifs is 1. The van der Waals surface area contributed by atoms with Gasteiger partial charge in [0.1, 0.15) is 12.3 Å². The zero-order valence-electron chi connectivity index (χ0n) is 15.2. The molecule has 2 atom stereocenters. The number of aryl methyl sites for hydroxylation is 1. The highest BCUT2D eigenvalue weighted by Gasteiger charge is 2.33. The van der Waals surface area contributed by atoms with E-state index in [4.69, 9.17) is 10.5 Å². The summed E-state index contributed by atoms with van der Waals surface area (Å²) in [4.78, 5) is 26.6. The Hall–Kier alpha value is -2.86. The second-order valence-electron chi connectivity index (χ2n) is 6.62. The Morgan fingerprint density at radius 2 is 2.08 bits per heavy atom. The van der Waals surface area contributed by atoms with E-state index in [0.717, 1.165) is 11.1 Å². The average Bonchev–Trinajstić information content (AvgIpc) is 2.58. The summed E-state index contributed by atoms with van der Waals surface area (Å²) in [7, 11) is 0. The highest BCUT2D eigenvalue weighted by molar-refractivity contribution is 6.06. The molecule has 1 aliphatic heterocycles. The zero-order chi connectivity index (χ0) is 18.8. The van der Waals surface area contributed by atoms with Crippen LogP contribution in [-0.4, -0.2) is 24.5 Å². The maximum absolute atomic E-state index is 12.6. The molecule has 2 aromatic carbocycles. The summed E-state index contributed by atoms with van der Waals surface area (Å²) in [6.45, 7) is 5.41. The third-order valence-corrected chi connectivity index (χ3v) is 4.32. The van der Waals surface area contributed by atoms with Crippen LogP contribution in [0.1, 0.15) is 31.0 Å². The number of anilines is 2. The Morgan fingerprint density at radius 3 is 2.77 bits per heavy atom. The number of ether oxygens (including phenoxy) is 1. The van der Waals surface area contributed by atoms with Gasteiger partial charge in [-0.15, -0.1) is 0 Å². The molecule has 0 bridgehead atoms. The standard InChI is InChI=1S/C20H23N3O3/c1-12-5-4-6-16(9-12)22-19(24)11-23-17-10-15(13(2)21)7-8-18(17)26-14(3)20(23)25/h4-10,13-14H,11,21H2,1-3H3,(H,22,24). The molecule has 2 aromatic rings. The molecule has 0 aromatic heterocycles. The number of rotatable bonds is 4. The number of amides is 2. The molecule has 26 heavy (non-hydrogen) atoms. The fraction of sp³-hybridized carbons (Fsp3) is 0.300. The van der Waals surface area contributed by atoms with Gasteiger partial charge < -0.3 is 15.8 Å². The second-order valence-corrected chi connectivity index (χ2v) is 6.62. The van der Waals surface area contributed by atoms with Gasteiger partial charge in [0.15, 0.2) is 6.10 Å². The summed E-state index contributed by atoms with van der Waals surface area (Å²) in [5, 5.41) is 2.84. The van der Waals surface area contributed by atoms with Crippen LogP contribution in [-0.2, 0) is 9.59 Å². The van der Waals surface area contributed by atoms with E-state index < -0.39 is 6.10 Å². The van der Waals surface area contributed by atoms with Crippen LogP contribution >= 0.6 is 0 Å². The summed E-state index contributed by atoms with van der Waals surface area (Å²) in [6.07, 6.45) is -0.643. The Balaban J connectivity index is 1.85. The molecule has 0 aliphatic carbocycles. The minimum absolute atomic E-state index is 0.0874. The Labute approximate surface area is 152 Å². The van der Waals surface area contributed by atoms with E-state index in [9.17, 15) is 9.59 Å². The van der Waals surface area contributed by atoms with Crippen LogP contribution in [0.3, 0.4) is 0 Å². The number of carbonyl (C=O) groups excluding carboxylic acids is 2. The van der Waals surface area contributed by atoms with Crippen LogP contribution < -0.4 is 20.7 Å². The Morgan fingerprint density at radius 1 is 1.31 bits per heavy atom. The molecule has 3 N–H and O–H groups in total. The maximum Gasteiger partial charge on any atom is 0.268 e. The van der Waals surface area contributed by atoms with Crippen LogP contribution in [0.2, 0.25) is 0 Å². The number of nitrogens with zero attached hydrogens (tertiary/aromatic N) is 1. The lowest BCUT2D eigenvalue weighted by Crippen LogP contribution is -2.47. The van der Waals surface area contributed by atoms with E-state index in [1.165, 1.54) is 4.90 Å². The van der Waals surface area contributed by atoms with E-state index in [1.54, 1.807) is 13.0 Å². The summed E-state index contributed by atoms with van der Waals surface area (Å²) in [5.74, 6) is 0.0544. The van der Waals surface area contributed by atoms with Crippen LogP contribution in [0.25, 0.3) is 0 Å². The third-order valence-electron chi connectivity index (χ3n) is 4.32. The lowest BCUT2D eigenvalue weighted by molar-refractivity contribution is -0.127. The summed E-state index contributed by atoms with van der Waals surface area (Å²) in [5.41, 5.74) is 9.14. The van der Waals surface area contributed by atoms with E-state index >= 15 is 0 Å². The molecule has 0 fully saturated rings. The van der Waals surface area contributed by atoms with Crippen LogP contribution in [0.4, 0.5) is 11.4 Å². The molecular formula is C20H23N3O3. The molecule has 0 spiro atoms. The number of carbonyl (C=O) groups is 2. The first kappa shape index (κ1) is 17.9. The van der Waals surface area contributed by atoms with Crippen molar-refractivity contribution in [1.82, 2.24) is 0 Å².